The summed E-state index contributed by atoms with van der Waals surface area (Å²) >= 11 is 7.71. The van der Waals surface area contributed by atoms with Crippen LogP contribution in [-0.4, -0.2) is 34.2 Å². The third-order valence-corrected chi connectivity index (χ3v) is 4.99. The second-order valence-corrected chi connectivity index (χ2v) is 7.18. The Hall–Kier alpha value is -1.82. The third-order valence-electron chi connectivity index (χ3n) is 3.72. The average Bonchev–Trinajstić information content (AvgIpc) is 3.03. The van der Waals surface area contributed by atoms with Crippen molar-refractivity contribution in [3.8, 4) is 17.1 Å². The van der Waals surface area contributed by atoms with E-state index in [4.69, 9.17) is 16.3 Å². The van der Waals surface area contributed by atoms with Crippen LogP contribution in [0.1, 0.15) is 12.0 Å². The highest BCUT2D eigenvalue weighted by atomic mass is 35.5. The number of thioether (sulfide) groups is 1. The molecule has 4 nitrogen and oxygen atoms in total. The Morgan fingerprint density at radius 1 is 1.12 bits per heavy atom. The topological polar surface area (TPSA) is 39.9 Å². The summed E-state index contributed by atoms with van der Waals surface area (Å²) in [4.78, 5) is 0. The molecule has 6 heteroatoms. The van der Waals surface area contributed by atoms with Crippen molar-refractivity contribution in [3.63, 3.8) is 0 Å². The molecule has 25 heavy (non-hydrogen) atoms. The first-order valence-corrected chi connectivity index (χ1v) is 9.45. The number of benzene rings is 2. The second kappa shape index (κ2) is 8.52. The average molecular weight is 374 g/mol. The van der Waals surface area contributed by atoms with Gasteiger partial charge in [-0.1, -0.05) is 35.5 Å². The van der Waals surface area contributed by atoms with Crippen LogP contribution < -0.4 is 0 Å². The van der Waals surface area contributed by atoms with Gasteiger partial charge in [0.15, 0.2) is 11.0 Å². The lowest BCUT2D eigenvalue weighted by molar-refractivity contribution is 0.200. The predicted molar refractivity (Wildman–Crippen MR) is 104 cm³/mol. The van der Waals surface area contributed by atoms with Crippen LogP contribution in [-0.2, 0) is 4.74 Å². The number of ether oxygens (including phenoxy) is 1. The maximum absolute atomic E-state index is 6.02. The lowest BCUT2D eigenvalue weighted by atomic mass is 10.2. The van der Waals surface area contributed by atoms with Crippen molar-refractivity contribution < 1.29 is 4.74 Å². The van der Waals surface area contributed by atoms with Gasteiger partial charge in [0.25, 0.3) is 0 Å². The molecule has 0 aliphatic heterocycles. The molecule has 3 aromatic rings. The van der Waals surface area contributed by atoms with E-state index in [2.05, 4.69) is 46.0 Å². The molecular formula is C19H20ClN3OS. The molecule has 0 aliphatic carbocycles. The summed E-state index contributed by atoms with van der Waals surface area (Å²) in [5.41, 5.74) is 3.25. The van der Waals surface area contributed by atoms with Gasteiger partial charge in [-0.2, -0.15) is 0 Å². The van der Waals surface area contributed by atoms with Crippen molar-refractivity contribution in [1.29, 1.82) is 0 Å². The van der Waals surface area contributed by atoms with E-state index < -0.39 is 0 Å². The minimum absolute atomic E-state index is 0.708. The Bertz CT molecular complexity index is 833. The van der Waals surface area contributed by atoms with Crippen LogP contribution in [0.5, 0.6) is 0 Å². The molecule has 0 bridgehead atoms. The van der Waals surface area contributed by atoms with E-state index in [0.717, 1.165) is 41.0 Å². The number of nitrogens with zero attached hydrogens (tertiary/aromatic N) is 3. The lowest BCUT2D eigenvalue weighted by Crippen LogP contribution is -2.01. The van der Waals surface area contributed by atoms with Gasteiger partial charge in [-0.05, 0) is 55.3 Å². The van der Waals surface area contributed by atoms with E-state index >= 15 is 0 Å². The molecular weight excluding hydrogens is 354 g/mol. The van der Waals surface area contributed by atoms with Crippen LogP contribution in [0.2, 0.25) is 5.02 Å². The fourth-order valence-corrected chi connectivity index (χ4v) is 3.51. The van der Waals surface area contributed by atoms with Crippen molar-refractivity contribution in [2.75, 3.05) is 19.5 Å². The number of methoxy groups -OCH3 is 1. The Morgan fingerprint density at radius 2 is 1.92 bits per heavy atom. The smallest absolute Gasteiger partial charge is 0.196 e. The molecule has 130 valence electrons. The maximum atomic E-state index is 6.02. The number of hydrogen-bond acceptors (Lipinski definition) is 4. The van der Waals surface area contributed by atoms with Gasteiger partial charge in [-0.3, -0.25) is 4.57 Å². The highest BCUT2D eigenvalue weighted by Crippen LogP contribution is 2.29. The third kappa shape index (κ3) is 4.42. The number of hydrogen-bond donors (Lipinski definition) is 0. The van der Waals surface area contributed by atoms with Gasteiger partial charge in [0.2, 0.25) is 0 Å². The molecule has 3 rings (SSSR count). The van der Waals surface area contributed by atoms with E-state index in [1.54, 1.807) is 18.9 Å². The largest absolute Gasteiger partial charge is 0.385 e. The van der Waals surface area contributed by atoms with E-state index in [1.807, 2.05) is 24.3 Å². The van der Waals surface area contributed by atoms with Crippen molar-refractivity contribution in [2.45, 2.75) is 18.5 Å². The highest BCUT2D eigenvalue weighted by Gasteiger charge is 2.16. The fraction of sp³-hybridized carbons (Fsp3) is 0.263. The summed E-state index contributed by atoms with van der Waals surface area (Å²) in [6, 6.07) is 16.0. The quantitative estimate of drug-likeness (QED) is 0.430. The molecule has 0 N–H and O–H groups in total. The standard InChI is InChI=1S/C19H20ClN3OS/c1-14-5-3-6-17(13-14)23-18(15-7-9-16(20)10-8-15)21-22-19(23)25-12-4-11-24-2/h3,5-10,13H,4,11-12H2,1-2H3. The zero-order valence-electron chi connectivity index (χ0n) is 14.3. The number of rotatable bonds is 7. The van der Waals surface area contributed by atoms with Crippen molar-refractivity contribution in [2.24, 2.45) is 0 Å². The molecule has 0 atom stereocenters. The summed E-state index contributed by atoms with van der Waals surface area (Å²) in [5, 5.41) is 10.4. The molecule has 0 unspecified atom stereocenters. The SMILES string of the molecule is COCCCSc1nnc(-c2ccc(Cl)cc2)n1-c1cccc(C)c1. The van der Waals surface area contributed by atoms with E-state index in [1.165, 1.54) is 5.56 Å². The Labute approximate surface area is 157 Å². The summed E-state index contributed by atoms with van der Waals surface area (Å²) in [7, 11) is 1.72. The second-order valence-electron chi connectivity index (χ2n) is 5.68. The van der Waals surface area contributed by atoms with E-state index in [9.17, 15) is 0 Å². The fourth-order valence-electron chi connectivity index (χ4n) is 2.52. The monoisotopic (exact) mass is 373 g/mol. The summed E-state index contributed by atoms with van der Waals surface area (Å²) < 4.78 is 7.23. The zero-order chi connectivity index (χ0) is 17.6. The molecule has 1 heterocycles. The van der Waals surface area contributed by atoms with Crippen LogP contribution >= 0.6 is 23.4 Å². The van der Waals surface area contributed by atoms with Gasteiger partial charge in [0, 0.05) is 35.7 Å². The highest BCUT2D eigenvalue weighted by molar-refractivity contribution is 7.99. The van der Waals surface area contributed by atoms with Gasteiger partial charge in [-0.25, -0.2) is 0 Å². The summed E-state index contributed by atoms with van der Waals surface area (Å²) in [6.07, 6.45) is 0.970. The molecule has 0 spiro atoms. The van der Waals surface area contributed by atoms with Crippen molar-refractivity contribution >= 4 is 23.4 Å². The van der Waals surface area contributed by atoms with Crippen LogP contribution in [0, 0.1) is 6.92 Å². The van der Waals surface area contributed by atoms with Crippen LogP contribution in [0.3, 0.4) is 0 Å². The zero-order valence-corrected chi connectivity index (χ0v) is 15.8. The van der Waals surface area contributed by atoms with E-state index in [-0.39, 0.29) is 0 Å². The van der Waals surface area contributed by atoms with Gasteiger partial charge in [-0.15, -0.1) is 10.2 Å². The number of aryl methyl sites for hydroxylation is 1. The van der Waals surface area contributed by atoms with Gasteiger partial charge >= 0.3 is 0 Å². The van der Waals surface area contributed by atoms with Gasteiger partial charge < -0.3 is 4.74 Å². The predicted octanol–water partition coefficient (Wildman–Crippen LogP) is 5.02. The molecule has 0 saturated heterocycles. The Balaban J connectivity index is 2.00. The maximum Gasteiger partial charge on any atom is 0.196 e. The molecule has 0 fully saturated rings. The first-order chi connectivity index (χ1) is 12.2. The minimum atomic E-state index is 0.708. The van der Waals surface area contributed by atoms with Gasteiger partial charge in [0.05, 0.1) is 0 Å². The number of aromatic nitrogens is 3. The first kappa shape index (κ1) is 18.0. The molecule has 2 aromatic carbocycles. The van der Waals surface area contributed by atoms with Crippen LogP contribution in [0.15, 0.2) is 53.7 Å². The Kier molecular flexibility index (Phi) is 6.13. The van der Waals surface area contributed by atoms with Crippen LogP contribution in [0.4, 0.5) is 0 Å². The van der Waals surface area contributed by atoms with Crippen molar-refractivity contribution in [3.05, 3.63) is 59.1 Å². The molecule has 1 aromatic heterocycles. The molecule has 0 saturated carbocycles. The summed E-state index contributed by atoms with van der Waals surface area (Å²) in [5.74, 6) is 1.75. The Morgan fingerprint density at radius 3 is 2.64 bits per heavy atom. The van der Waals surface area contributed by atoms with Crippen LogP contribution in [0.25, 0.3) is 17.1 Å². The first-order valence-electron chi connectivity index (χ1n) is 8.09. The molecule has 0 radical (unpaired) electrons. The van der Waals surface area contributed by atoms with Gasteiger partial charge in [0.1, 0.15) is 0 Å². The number of halogens is 1. The van der Waals surface area contributed by atoms with Crippen molar-refractivity contribution in [1.82, 2.24) is 14.8 Å². The molecule has 0 amide bonds. The lowest BCUT2D eigenvalue weighted by Gasteiger charge is -2.11. The van der Waals surface area contributed by atoms with E-state index in [0.29, 0.717) is 5.02 Å². The normalized spacial score (nSPS) is 11.0. The minimum Gasteiger partial charge on any atom is -0.385 e. The molecule has 0 aliphatic rings. The summed E-state index contributed by atoms with van der Waals surface area (Å²) in [6.45, 7) is 2.83.